The lowest BCUT2D eigenvalue weighted by atomic mass is 9.36. The molecule has 10 atom stereocenters. The summed E-state index contributed by atoms with van der Waals surface area (Å²) in [6.07, 6.45) is 5.09. The third-order valence-electron chi connectivity index (χ3n) is 12.1. The quantitative estimate of drug-likeness (QED) is 0.118. The molecule has 7 nitrogen and oxygen atoms in total. The number of alkyl halides is 1. The number of aliphatic hydroxyl groups excluding tert-OH is 1. The third-order valence-corrected chi connectivity index (χ3v) is 14.6. The van der Waals surface area contributed by atoms with Gasteiger partial charge < -0.3 is 19.3 Å². The fraction of sp³-hybridized carbons (Fsp3) is 0.833. The first-order chi connectivity index (χ1) is 24.0. The van der Waals surface area contributed by atoms with Crippen molar-refractivity contribution in [2.75, 3.05) is 6.79 Å². The maximum absolute atomic E-state index is 13.7. The Labute approximate surface area is 329 Å². The van der Waals surface area contributed by atoms with Crippen molar-refractivity contribution in [3.05, 3.63) is 21.2 Å². The molecule has 0 aromatic heterocycles. The van der Waals surface area contributed by atoms with Gasteiger partial charge in [-0.15, -0.1) is 0 Å². The van der Waals surface area contributed by atoms with Gasteiger partial charge in [0, 0.05) is 24.2 Å². The molecule has 4 saturated carbocycles. The van der Waals surface area contributed by atoms with Crippen LogP contribution in [0.3, 0.4) is 0 Å². The molecule has 4 rings (SSSR count). The normalized spacial score (nSPS) is 35.2. The van der Waals surface area contributed by atoms with E-state index in [1.807, 2.05) is 69.2 Å². The van der Waals surface area contributed by atoms with Crippen molar-refractivity contribution in [3.63, 3.8) is 0 Å². The van der Waals surface area contributed by atoms with E-state index in [0.717, 1.165) is 41.3 Å². The van der Waals surface area contributed by atoms with Crippen molar-refractivity contribution >= 4 is 49.8 Å². The van der Waals surface area contributed by atoms with Crippen LogP contribution in [-0.4, -0.2) is 46.8 Å². The van der Waals surface area contributed by atoms with Gasteiger partial charge in [0.2, 0.25) is 6.79 Å². The molecular formula is C42H74Br2O7. The van der Waals surface area contributed by atoms with Crippen LogP contribution in [-0.2, 0) is 28.6 Å². The van der Waals surface area contributed by atoms with Crippen molar-refractivity contribution in [3.8, 4) is 0 Å². The molecule has 0 amide bonds. The number of carbonyl (C=O) groups is 3. The number of halogens is 2. The van der Waals surface area contributed by atoms with Gasteiger partial charge in [0.05, 0.1) is 6.10 Å². The molecule has 0 aromatic rings. The smallest absolute Gasteiger partial charge is 0.336 e. The molecule has 4 aliphatic carbocycles. The Balaban J connectivity index is 0.00000292. The Hall–Kier alpha value is -1.19. The molecule has 4 fully saturated rings. The minimum Gasteiger partial charge on any atom is -0.458 e. The predicted octanol–water partition coefficient (Wildman–Crippen LogP) is 11.9. The van der Waals surface area contributed by atoms with Crippen LogP contribution in [0.15, 0.2) is 21.2 Å². The summed E-state index contributed by atoms with van der Waals surface area (Å²) >= 11 is 7.60. The van der Waals surface area contributed by atoms with Gasteiger partial charge in [0.15, 0.2) is 0 Å². The van der Waals surface area contributed by atoms with E-state index in [2.05, 4.69) is 59.6 Å². The van der Waals surface area contributed by atoms with Crippen molar-refractivity contribution < 1.29 is 33.7 Å². The summed E-state index contributed by atoms with van der Waals surface area (Å²) in [4.78, 5) is 38.1. The molecule has 0 bridgehead atoms. The summed E-state index contributed by atoms with van der Waals surface area (Å²) in [5.41, 5.74) is 1.77. The van der Waals surface area contributed by atoms with E-state index >= 15 is 0 Å². The minimum absolute atomic E-state index is 0.00637. The second-order valence-corrected chi connectivity index (χ2v) is 16.7. The molecule has 1 N–H and O–H groups in total. The number of rotatable bonds is 7. The highest BCUT2D eigenvalue weighted by molar-refractivity contribution is 9.11. The van der Waals surface area contributed by atoms with E-state index in [-0.39, 0.29) is 28.1 Å². The van der Waals surface area contributed by atoms with Crippen LogP contribution in [0.25, 0.3) is 0 Å². The summed E-state index contributed by atoms with van der Waals surface area (Å²) < 4.78 is 17.4. The van der Waals surface area contributed by atoms with E-state index < -0.39 is 36.9 Å². The molecule has 9 heteroatoms. The highest BCUT2D eigenvalue weighted by Crippen LogP contribution is 2.74. The molecule has 7 unspecified atom stereocenters. The number of aliphatic hydroxyl groups is 1. The summed E-state index contributed by atoms with van der Waals surface area (Å²) in [5.74, 6) is -0.534. The van der Waals surface area contributed by atoms with Gasteiger partial charge in [-0.1, -0.05) is 121 Å². The van der Waals surface area contributed by atoms with Crippen LogP contribution in [0.2, 0.25) is 0 Å². The zero-order chi connectivity index (χ0) is 40.1. The van der Waals surface area contributed by atoms with Gasteiger partial charge >= 0.3 is 17.9 Å². The van der Waals surface area contributed by atoms with E-state index in [0.29, 0.717) is 47.9 Å². The van der Waals surface area contributed by atoms with Crippen molar-refractivity contribution in [2.45, 2.75) is 179 Å². The largest absolute Gasteiger partial charge is 0.458 e. The second kappa shape index (κ2) is 22.3. The van der Waals surface area contributed by atoms with Gasteiger partial charge in [-0.05, 0) is 115 Å². The van der Waals surface area contributed by atoms with E-state index in [4.69, 9.17) is 14.2 Å². The molecule has 298 valence electrons. The van der Waals surface area contributed by atoms with Crippen molar-refractivity contribution in [1.82, 2.24) is 0 Å². The van der Waals surface area contributed by atoms with Gasteiger partial charge in [0.25, 0.3) is 0 Å². The molecule has 4 aliphatic rings. The number of esters is 3. The molecule has 0 radical (unpaired) electrons. The molecule has 0 heterocycles. The lowest BCUT2D eigenvalue weighted by Crippen LogP contribution is -2.65. The van der Waals surface area contributed by atoms with Gasteiger partial charge in [-0.3, -0.25) is 9.59 Å². The number of allylic oxidation sites excluding steroid dienone is 2. The molecule has 0 aromatic carbocycles. The van der Waals surface area contributed by atoms with Crippen LogP contribution in [0.5, 0.6) is 0 Å². The van der Waals surface area contributed by atoms with Crippen molar-refractivity contribution in [1.29, 1.82) is 0 Å². The van der Waals surface area contributed by atoms with Gasteiger partial charge in [-0.2, -0.15) is 0 Å². The number of hydrogen-bond acceptors (Lipinski definition) is 7. The Morgan fingerprint density at radius 1 is 0.824 bits per heavy atom. The van der Waals surface area contributed by atoms with E-state index in [9.17, 15) is 19.5 Å². The SMILES string of the molecule is CC.CC.CC.CC.CC(=O)OCOC(=O)/C(CCC(Br)=C(C)C)=C1\C(OC(C)=O)CC2(C)C1C[C@@H](O)C1C3(C)CCC(Br)[C@@H](C)C3CC[C@@]12C. The lowest BCUT2D eigenvalue weighted by molar-refractivity contribution is -0.224. The third kappa shape index (κ3) is 10.7. The fourth-order valence-electron chi connectivity index (χ4n) is 9.99. The summed E-state index contributed by atoms with van der Waals surface area (Å²) in [6.45, 7) is 31.6. The molecule has 0 saturated heterocycles. The average Bonchev–Trinajstić information content (AvgIpc) is 3.37. The first kappa shape index (κ1) is 49.8. The molecule has 0 spiro atoms. The van der Waals surface area contributed by atoms with E-state index in [1.54, 1.807) is 0 Å². The van der Waals surface area contributed by atoms with Crippen LogP contribution in [0.4, 0.5) is 0 Å². The number of hydrogen-bond donors (Lipinski definition) is 1. The first-order valence-electron chi connectivity index (χ1n) is 19.8. The van der Waals surface area contributed by atoms with Crippen LogP contribution in [0.1, 0.15) is 162 Å². The lowest BCUT2D eigenvalue weighted by Gasteiger charge is -2.69. The molecule has 0 aliphatic heterocycles. The highest BCUT2D eigenvalue weighted by Gasteiger charge is 2.70. The standard InChI is InChI=1S/C34H50Br2O7.4C2H6/c1-18(2)25(35)10-9-22(31(40)42-17-41-20(4)37)29-24-15-27(39)30-32(6)13-12-26(36)19(3)23(32)11-14-33(30,7)34(24,8)16-28(29)43-21(5)38;4*1-2/h19,23-24,26-28,30,39H,9-17H2,1-8H3;4*1-2H3/b29-22-;;;;/t19-,23?,24?,26?,27+,28?,30?,32?,33-,34?;;;;/m0..../s1. The first-order valence-corrected chi connectivity index (χ1v) is 21.5. The summed E-state index contributed by atoms with van der Waals surface area (Å²) in [5, 5.41) is 12.2. The fourth-order valence-corrected chi connectivity index (χ4v) is 10.8. The maximum atomic E-state index is 13.7. The van der Waals surface area contributed by atoms with Crippen LogP contribution >= 0.6 is 31.9 Å². The van der Waals surface area contributed by atoms with Crippen molar-refractivity contribution in [2.24, 2.45) is 39.9 Å². The monoisotopic (exact) mass is 848 g/mol. The second-order valence-electron chi connectivity index (χ2n) is 14.6. The number of ether oxygens (including phenoxy) is 3. The van der Waals surface area contributed by atoms with E-state index in [1.165, 1.54) is 13.8 Å². The molecule has 51 heavy (non-hydrogen) atoms. The predicted molar refractivity (Wildman–Crippen MR) is 218 cm³/mol. The molecular weight excluding hydrogens is 776 g/mol. The van der Waals surface area contributed by atoms with Crippen LogP contribution in [0, 0.1) is 39.9 Å². The number of fused-ring (bicyclic) bond motifs is 5. The Morgan fingerprint density at radius 3 is 1.90 bits per heavy atom. The van der Waals surface area contributed by atoms with Gasteiger partial charge in [0.1, 0.15) is 6.10 Å². The zero-order valence-corrected chi connectivity index (χ0v) is 38.2. The Kier molecular flexibility index (Phi) is 21.7. The average molecular weight is 851 g/mol. The number of carbonyl (C=O) groups excluding carboxylic acids is 3. The van der Waals surface area contributed by atoms with Crippen LogP contribution < -0.4 is 0 Å². The topological polar surface area (TPSA) is 99.1 Å². The summed E-state index contributed by atoms with van der Waals surface area (Å²) in [6, 6.07) is 0. The van der Waals surface area contributed by atoms with Gasteiger partial charge in [-0.25, -0.2) is 4.79 Å². The Bertz CT molecular complexity index is 1190. The highest BCUT2D eigenvalue weighted by atomic mass is 79.9. The Morgan fingerprint density at radius 2 is 1.39 bits per heavy atom. The minimum atomic E-state index is -0.597. The maximum Gasteiger partial charge on any atom is 0.336 e. The zero-order valence-electron chi connectivity index (χ0n) is 35.1. The summed E-state index contributed by atoms with van der Waals surface area (Å²) in [7, 11) is 0.